The Morgan fingerprint density at radius 2 is 2.24 bits per heavy atom. The third-order valence-corrected chi connectivity index (χ3v) is 4.25. The Labute approximate surface area is 129 Å². The quantitative estimate of drug-likeness (QED) is 0.801. The van der Waals surface area contributed by atoms with Gasteiger partial charge in [-0.25, -0.2) is 4.98 Å². The number of ether oxygens (including phenoxy) is 1. The minimum atomic E-state index is -0.266. The van der Waals surface area contributed by atoms with Crippen LogP contribution in [-0.2, 0) is 0 Å². The van der Waals surface area contributed by atoms with Crippen LogP contribution in [0.4, 0.5) is 5.13 Å². The van der Waals surface area contributed by atoms with Crippen molar-refractivity contribution in [1.82, 2.24) is 9.97 Å². The van der Waals surface area contributed by atoms with Crippen LogP contribution in [0.2, 0.25) is 5.02 Å². The standard InChI is InChI=1S/C14H10ClN3O2S/c1-20-10-5-4-9(15)12-11(10)17-14(21-12)18-13(19)8-3-2-6-16-7-8/h2-7H,1H3,(H,17,18,19). The molecule has 5 nitrogen and oxygen atoms in total. The van der Waals surface area contributed by atoms with E-state index < -0.39 is 0 Å². The summed E-state index contributed by atoms with van der Waals surface area (Å²) in [4.78, 5) is 20.4. The Bertz CT molecular complexity index is 805. The van der Waals surface area contributed by atoms with Gasteiger partial charge >= 0.3 is 0 Å². The average Bonchev–Trinajstić information content (AvgIpc) is 2.93. The number of carbonyl (C=O) groups excluding carboxylic acids is 1. The Hall–Kier alpha value is -2.18. The monoisotopic (exact) mass is 319 g/mol. The molecule has 0 saturated carbocycles. The lowest BCUT2D eigenvalue weighted by molar-refractivity contribution is 0.102. The van der Waals surface area contributed by atoms with Gasteiger partial charge in [0, 0.05) is 12.4 Å². The van der Waals surface area contributed by atoms with E-state index in [4.69, 9.17) is 16.3 Å². The molecule has 0 bridgehead atoms. The first-order valence-corrected chi connectivity index (χ1v) is 7.23. The molecule has 0 saturated heterocycles. The zero-order valence-corrected chi connectivity index (χ0v) is 12.5. The SMILES string of the molecule is COc1ccc(Cl)c2sc(NC(=O)c3cccnc3)nc12. The van der Waals surface area contributed by atoms with Crippen molar-refractivity contribution in [2.75, 3.05) is 12.4 Å². The van der Waals surface area contributed by atoms with Gasteiger partial charge in [-0.1, -0.05) is 22.9 Å². The number of amides is 1. The molecular weight excluding hydrogens is 310 g/mol. The van der Waals surface area contributed by atoms with Crippen LogP contribution in [-0.4, -0.2) is 23.0 Å². The number of nitrogens with one attached hydrogen (secondary N) is 1. The molecule has 3 rings (SSSR count). The predicted molar refractivity (Wildman–Crippen MR) is 83.4 cm³/mol. The third-order valence-electron chi connectivity index (χ3n) is 2.82. The summed E-state index contributed by atoms with van der Waals surface area (Å²) in [6.07, 6.45) is 3.11. The van der Waals surface area contributed by atoms with Gasteiger partial charge < -0.3 is 4.74 Å². The molecule has 2 aromatic heterocycles. The third kappa shape index (κ3) is 2.68. The summed E-state index contributed by atoms with van der Waals surface area (Å²) >= 11 is 7.45. The van der Waals surface area contributed by atoms with E-state index in [2.05, 4.69) is 15.3 Å². The molecule has 0 radical (unpaired) electrons. The fourth-order valence-corrected chi connectivity index (χ4v) is 2.99. The Kier molecular flexibility index (Phi) is 3.72. The topological polar surface area (TPSA) is 64.1 Å². The fourth-order valence-electron chi connectivity index (χ4n) is 1.84. The molecule has 2 heterocycles. The number of benzene rings is 1. The molecule has 0 aliphatic carbocycles. The summed E-state index contributed by atoms with van der Waals surface area (Å²) in [5.41, 5.74) is 1.10. The summed E-state index contributed by atoms with van der Waals surface area (Å²) in [6, 6.07) is 6.88. The summed E-state index contributed by atoms with van der Waals surface area (Å²) < 4.78 is 6.02. The van der Waals surface area contributed by atoms with Crippen LogP contribution in [0.3, 0.4) is 0 Å². The maximum atomic E-state index is 12.1. The Morgan fingerprint density at radius 3 is 2.95 bits per heavy atom. The molecule has 106 valence electrons. The van der Waals surface area contributed by atoms with E-state index in [1.807, 2.05) is 0 Å². The van der Waals surface area contributed by atoms with Crippen molar-refractivity contribution in [1.29, 1.82) is 0 Å². The van der Waals surface area contributed by atoms with Gasteiger partial charge in [-0.15, -0.1) is 0 Å². The highest BCUT2D eigenvalue weighted by Crippen LogP contribution is 2.37. The van der Waals surface area contributed by atoms with Gasteiger partial charge in [0.2, 0.25) is 0 Å². The fraction of sp³-hybridized carbons (Fsp3) is 0.0714. The first kappa shape index (κ1) is 13.8. The maximum Gasteiger partial charge on any atom is 0.259 e. The lowest BCUT2D eigenvalue weighted by atomic mass is 10.3. The molecule has 0 unspecified atom stereocenters. The van der Waals surface area contributed by atoms with E-state index in [1.54, 1.807) is 37.6 Å². The number of methoxy groups -OCH3 is 1. The largest absolute Gasteiger partial charge is 0.494 e. The van der Waals surface area contributed by atoms with Gasteiger partial charge in [-0.2, -0.15) is 0 Å². The summed E-state index contributed by atoms with van der Waals surface area (Å²) in [6.45, 7) is 0. The van der Waals surface area contributed by atoms with Crippen molar-refractivity contribution in [2.45, 2.75) is 0 Å². The number of hydrogen-bond acceptors (Lipinski definition) is 5. The second-order valence-corrected chi connectivity index (χ2v) is 5.55. The molecule has 0 aliphatic heterocycles. The van der Waals surface area contributed by atoms with Crippen LogP contribution in [0.25, 0.3) is 10.2 Å². The van der Waals surface area contributed by atoms with E-state index in [0.717, 1.165) is 4.70 Å². The molecule has 1 amide bonds. The summed E-state index contributed by atoms with van der Waals surface area (Å²) in [7, 11) is 1.57. The van der Waals surface area contributed by atoms with E-state index in [9.17, 15) is 4.79 Å². The minimum absolute atomic E-state index is 0.266. The predicted octanol–water partition coefficient (Wildman–Crippen LogP) is 3.61. The zero-order valence-electron chi connectivity index (χ0n) is 11.0. The summed E-state index contributed by atoms with van der Waals surface area (Å²) in [5, 5.41) is 3.78. The number of carbonyl (C=O) groups is 1. The summed E-state index contributed by atoms with van der Waals surface area (Å²) in [5.74, 6) is 0.352. The van der Waals surface area contributed by atoms with E-state index in [-0.39, 0.29) is 5.91 Å². The van der Waals surface area contributed by atoms with E-state index >= 15 is 0 Å². The van der Waals surface area contributed by atoms with Crippen molar-refractivity contribution in [3.63, 3.8) is 0 Å². The Morgan fingerprint density at radius 1 is 1.38 bits per heavy atom. The zero-order chi connectivity index (χ0) is 14.8. The molecule has 1 aromatic carbocycles. The first-order valence-electron chi connectivity index (χ1n) is 6.03. The van der Waals surface area contributed by atoms with Crippen molar-refractivity contribution in [3.8, 4) is 5.75 Å². The lowest BCUT2D eigenvalue weighted by Crippen LogP contribution is -2.11. The number of aromatic nitrogens is 2. The van der Waals surface area contributed by atoms with Crippen LogP contribution >= 0.6 is 22.9 Å². The van der Waals surface area contributed by atoms with Gasteiger partial charge in [0.25, 0.3) is 5.91 Å². The number of thiazole rings is 1. The van der Waals surface area contributed by atoms with Crippen LogP contribution in [0.5, 0.6) is 5.75 Å². The average molecular weight is 320 g/mol. The van der Waals surface area contributed by atoms with Crippen LogP contribution in [0.1, 0.15) is 10.4 Å². The van der Waals surface area contributed by atoms with Gasteiger partial charge in [-0.05, 0) is 24.3 Å². The molecule has 1 N–H and O–H groups in total. The van der Waals surface area contributed by atoms with Crippen LogP contribution in [0, 0.1) is 0 Å². The number of hydrogen-bond donors (Lipinski definition) is 1. The lowest BCUT2D eigenvalue weighted by Gasteiger charge is -2.00. The van der Waals surface area contributed by atoms with Crippen molar-refractivity contribution < 1.29 is 9.53 Å². The maximum absolute atomic E-state index is 12.1. The molecule has 7 heteroatoms. The molecular formula is C14H10ClN3O2S. The van der Waals surface area contributed by atoms with Gasteiger partial charge in [0.05, 0.1) is 22.4 Å². The molecule has 3 aromatic rings. The molecule has 0 spiro atoms. The van der Waals surface area contributed by atoms with Gasteiger partial charge in [0.15, 0.2) is 5.13 Å². The van der Waals surface area contributed by atoms with E-state index in [0.29, 0.717) is 27.0 Å². The van der Waals surface area contributed by atoms with E-state index in [1.165, 1.54) is 17.5 Å². The van der Waals surface area contributed by atoms with Crippen LogP contribution < -0.4 is 10.1 Å². The van der Waals surface area contributed by atoms with Gasteiger partial charge in [-0.3, -0.25) is 15.1 Å². The number of nitrogens with zero attached hydrogens (tertiary/aromatic N) is 2. The molecule has 0 aliphatic rings. The van der Waals surface area contributed by atoms with Gasteiger partial charge in [0.1, 0.15) is 11.3 Å². The van der Waals surface area contributed by atoms with Crippen LogP contribution in [0.15, 0.2) is 36.7 Å². The minimum Gasteiger partial charge on any atom is -0.494 e. The highest BCUT2D eigenvalue weighted by Gasteiger charge is 2.14. The number of rotatable bonds is 3. The second-order valence-electron chi connectivity index (χ2n) is 4.14. The molecule has 0 fully saturated rings. The van der Waals surface area contributed by atoms with Crippen molar-refractivity contribution in [3.05, 3.63) is 47.2 Å². The van der Waals surface area contributed by atoms with Crippen molar-refractivity contribution >= 4 is 44.2 Å². The molecule has 21 heavy (non-hydrogen) atoms. The normalized spacial score (nSPS) is 10.6. The number of fused-ring (bicyclic) bond motifs is 1. The smallest absolute Gasteiger partial charge is 0.259 e. The first-order chi connectivity index (χ1) is 10.2. The van der Waals surface area contributed by atoms with Crippen molar-refractivity contribution in [2.24, 2.45) is 0 Å². The molecule has 0 atom stereocenters. The second kappa shape index (κ2) is 5.67. The number of anilines is 1. The number of halogens is 1. The number of pyridine rings is 1. The highest BCUT2D eigenvalue weighted by atomic mass is 35.5. The highest BCUT2D eigenvalue weighted by molar-refractivity contribution is 7.23. The Balaban J connectivity index is 1.95.